The van der Waals surface area contributed by atoms with Crippen LogP contribution in [0.3, 0.4) is 0 Å². The third-order valence-electron chi connectivity index (χ3n) is 2.58. The van der Waals surface area contributed by atoms with Gasteiger partial charge in [0.25, 0.3) is 0 Å². The molecule has 1 aromatic heterocycles. The average molecular weight is 206 g/mol. The van der Waals surface area contributed by atoms with Crippen LogP contribution in [0.15, 0.2) is 23.5 Å². The molecule has 0 spiro atoms. The standard InChI is InChI=1S/C10H14N4O/c11-10(13-15)9-8(4-3-5-12-9)14-6-1-2-7-14/h3-5,15H,1-2,6-7H2,(H2,11,13). The Balaban J connectivity index is 2.37. The second-order valence-electron chi connectivity index (χ2n) is 3.55. The van der Waals surface area contributed by atoms with Gasteiger partial charge in [-0.15, -0.1) is 0 Å². The first-order valence-electron chi connectivity index (χ1n) is 5.01. The number of oxime groups is 1. The highest BCUT2D eigenvalue weighted by atomic mass is 16.4. The zero-order valence-electron chi connectivity index (χ0n) is 8.43. The summed E-state index contributed by atoms with van der Waals surface area (Å²) in [5, 5.41) is 11.7. The van der Waals surface area contributed by atoms with Gasteiger partial charge in [0, 0.05) is 19.3 Å². The average Bonchev–Trinajstić information content (AvgIpc) is 2.81. The number of nitrogens with two attached hydrogens (primary N) is 1. The molecule has 0 unspecified atom stereocenters. The smallest absolute Gasteiger partial charge is 0.190 e. The van der Waals surface area contributed by atoms with Gasteiger partial charge in [0.15, 0.2) is 5.84 Å². The van der Waals surface area contributed by atoms with Crippen LogP contribution in [0, 0.1) is 0 Å². The highest BCUT2D eigenvalue weighted by Crippen LogP contribution is 2.22. The van der Waals surface area contributed by atoms with Crippen molar-refractivity contribution in [2.45, 2.75) is 12.8 Å². The molecule has 80 valence electrons. The molecule has 0 atom stereocenters. The monoisotopic (exact) mass is 206 g/mol. The Morgan fingerprint density at radius 3 is 2.87 bits per heavy atom. The summed E-state index contributed by atoms with van der Waals surface area (Å²) in [7, 11) is 0. The second kappa shape index (κ2) is 4.16. The number of aromatic nitrogens is 1. The van der Waals surface area contributed by atoms with Crippen LogP contribution in [-0.4, -0.2) is 29.1 Å². The third-order valence-corrected chi connectivity index (χ3v) is 2.58. The van der Waals surface area contributed by atoms with Gasteiger partial charge in [-0.3, -0.25) is 4.98 Å². The van der Waals surface area contributed by atoms with Crippen LogP contribution in [-0.2, 0) is 0 Å². The molecular weight excluding hydrogens is 192 g/mol. The molecule has 1 aliphatic rings. The Morgan fingerprint density at radius 2 is 2.20 bits per heavy atom. The fourth-order valence-corrected chi connectivity index (χ4v) is 1.85. The Bertz CT molecular complexity index is 371. The fourth-order valence-electron chi connectivity index (χ4n) is 1.85. The molecular formula is C10H14N4O. The molecule has 1 aromatic rings. The molecule has 2 rings (SSSR count). The summed E-state index contributed by atoms with van der Waals surface area (Å²) >= 11 is 0. The SMILES string of the molecule is N/C(=N/O)c1ncccc1N1CCCC1. The Labute approximate surface area is 88.2 Å². The van der Waals surface area contributed by atoms with E-state index in [1.54, 1.807) is 6.20 Å². The van der Waals surface area contributed by atoms with Gasteiger partial charge in [0.2, 0.25) is 0 Å². The minimum absolute atomic E-state index is 0.0671. The summed E-state index contributed by atoms with van der Waals surface area (Å²) in [5.74, 6) is 0.0671. The maximum atomic E-state index is 8.66. The van der Waals surface area contributed by atoms with E-state index >= 15 is 0 Å². The van der Waals surface area contributed by atoms with E-state index in [4.69, 9.17) is 10.9 Å². The van der Waals surface area contributed by atoms with Crippen molar-refractivity contribution in [2.75, 3.05) is 18.0 Å². The number of hydrogen-bond acceptors (Lipinski definition) is 4. The molecule has 0 aliphatic carbocycles. The predicted octanol–water partition coefficient (Wildman–Crippen LogP) is 0.776. The van der Waals surface area contributed by atoms with Crippen LogP contribution in [0.25, 0.3) is 0 Å². The summed E-state index contributed by atoms with van der Waals surface area (Å²) in [5.41, 5.74) is 7.08. The van der Waals surface area contributed by atoms with Crippen molar-refractivity contribution in [3.05, 3.63) is 24.0 Å². The van der Waals surface area contributed by atoms with Gasteiger partial charge < -0.3 is 15.8 Å². The Kier molecular flexibility index (Phi) is 2.71. The van der Waals surface area contributed by atoms with Crippen LogP contribution < -0.4 is 10.6 Å². The number of hydrogen-bond donors (Lipinski definition) is 2. The molecule has 5 nitrogen and oxygen atoms in total. The number of rotatable bonds is 2. The third kappa shape index (κ3) is 1.86. The normalized spacial score (nSPS) is 17.1. The minimum Gasteiger partial charge on any atom is -0.409 e. The molecule has 0 amide bonds. The molecule has 0 aromatic carbocycles. The van der Waals surface area contributed by atoms with Gasteiger partial charge in [-0.25, -0.2) is 0 Å². The van der Waals surface area contributed by atoms with E-state index < -0.39 is 0 Å². The first-order chi connectivity index (χ1) is 7.33. The van der Waals surface area contributed by atoms with Gasteiger partial charge in [-0.05, 0) is 25.0 Å². The minimum atomic E-state index is 0.0671. The van der Waals surface area contributed by atoms with Crippen molar-refractivity contribution in [1.82, 2.24) is 4.98 Å². The lowest BCUT2D eigenvalue weighted by Crippen LogP contribution is -2.24. The molecule has 15 heavy (non-hydrogen) atoms. The van der Waals surface area contributed by atoms with Gasteiger partial charge in [-0.2, -0.15) is 0 Å². The zero-order valence-corrected chi connectivity index (χ0v) is 8.43. The maximum absolute atomic E-state index is 8.66. The van der Waals surface area contributed by atoms with Crippen LogP contribution in [0.2, 0.25) is 0 Å². The topological polar surface area (TPSA) is 74.7 Å². The maximum Gasteiger partial charge on any atom is 0.190 e. The van der Waals surface area contributed by atoms with E-state index in [1.807, 2.05) is 12.1 Å². The summed E-state index contributed by atoms with van der Waals surface area (Å²) in [4.78, 5) is 6.35. The van der Waals surface area contributed by atoms with Crippen LogP contribution in [0.5, 0.6) is 0 Å². The predicted molar refractivity (Wildman–Crippen MR) is 58.2 cm³/mol. The molecule has 0 saturated carbocycles. The largest absolute Gasteiger partial charge is 0.409 e. The van der Waals surface area contributed by atoms with Crippen LogP contribution in [0.1, 0.15) is 18.5 Å². The molecule has 5 heteroatoms. The number of nitrogens with zero attached hydrogens (tertiary/aromatic N) is 3. The number of anilines is 1. The first-order valence-corrected chi connectivity index (χ1v) is 5.01. The summed E-state index contributed by atoms with van der Waals surface area (Å²) in [6.07, 6.45) is 4.02. The van der Waals surface area contributed by atoms with E-state index in [2.05, 4.69) is 15.0 Å². The van der Waals surface area contributed by atoms with Crippen molar-refractivity contribution in [1.29, 1.82) is 0 Å². The Hall–Kier alpha value is -1.78. The van der Waals surface area contributed by atoms with E-state index in [-0.39, 0.29) is 5.84 Å². The lowest BCUT2D eigenvalue weighted by Gasteiger charge is -2.19. The van der Waals surface area contributed by atoms with Crippen molar-refractivity contribution in [3.63, 3.8) is 0 Å². The van der Waals surface area contributed by atoms with Crippen LogP contribution in [0.4, 0.5) is 5.69 Å². The molecule has 0 radical (unpaired) electrons. The van der Waals surface area contributed by atoms with E-state index in [9.17, 15) is 0 Å². The van der Waals surface area contributed by atoms with E-state index in [0.29, 0.717) is 5.69 Å². The molecule has 1 aliphatic heterocycles. The summed E-state index contributed by atoms with van der Waals surface area (Å²) in [6.45, 7) is 2.02. The van der Waals surface area contributed by atoms with Crippen molar-refractivity contribution < 1.29 is 5.21 Å². The zero-order chi connectivity index (χ0) is 10.7. The van der Waals surface area contributed by atoms with Gasteiger partial charge in [0.1, 0.15) is 5.69 Å². The van der Waals surface area contributed by atoms with Crippen molar-refractivity contribution in [3.8, 4) is 0 Å². The highest BCUT2D eigenvalue weighted by molar-refractivity contribution is 6.00. The van der Waals surface area contributed by atoms with Gasteiger partial charge in [0.05, 0.1) is 5.69 Å². The second-order valence-corrected chi connectivity index (χ2v) is 3.55. The fraction of sp³-hybridized carbons (Fsp3) is 0.400. The molecule has 1 fully saturated rings. The van der Waals surface area contributed by atoms with Crippen LogP contribution >= 0.6 is 0 Å². The molecule has 3 N–H and O–H groups in total. The lowest BCUT2D eigenvalue weighted by molar-refractivity contribution is 0.318. The van der Waals surface area contributed by atoms with Crippen molar-refractivity contribution >= 4 is 11.5 Å². The number of amidine groups is 1. The molecule has 0 bridgehead atoms. The molecule has 2 heterocycles. The van der Waals surface area contributed by atoms with E-state index in [0.717, 1.165) is 18.8 Å². The van der Waals surface area contributed by atoms with E-state index in [1.165, 1.54) is 12.8 Å². The highest BCUT2D eigenvalue weighted by Gasteiger charge is 2.17. The number of pyridine rings is 1. The summed E-state index contributed by atoms with van der Waals surface area (Å²) < 4.78 is 0. The first kappa shape index (κ1) is 9.76. The molecule has 1 saturated heterocycles. The van der Waals surface area contributed by atoms with Gasteiger partial charge in [-0.1, -0.05) is 5.16 Å². The van der Waals surface area contributed by atoms with Crippen molar-refractivity contribution in [2.24, 2.45) is 10.9 Å². The summed E-state index contributed by atoms with van der Waals surface area (Å²) in [6, 6.07) is 3.81. The quantitative estimate of drug-likeness (QED) is 0.324. The van der Waals surface area contributed by atoms with Gasteiger partial charge >= 0.3 is 0 Å². The lowest BCUT2D eigenvalue weighted by atomic mass is 10.2. The Morgan fingerprint density at radius 1 is 1.47 bits per heavy atom.